The zero-order valence-electron chi connectivity index (χ0n) is 8.24. The highest BCUT2D eigenvalue weighted by molar-refractivity contribution is 7.89. The Labute approximate surface area is 84.4 Å². The van der Waals surface area contributed by atoms with Gasteiger partial charge in [-0.15, -0.1) is 0 Å². The van der Waals surface area contributed by atoms with Crippen LogP contribution in [0.2, 0.25) is 0 Å². The fraction of sp³-hybridized carbons (Fsp3) is 0.750. The molecule has 0 aromatic rings. The van der Waals surface area contributed by atoms with Crippen molar-refractivity contribution in [2.45, 2.75) is 32.2 Å². The molecule has 0 saturated heterocycles. The Morgan fingerprint density at radius 2 is 1.79 bits per heavy atom. The topological polar surface area (TPSA) is 93.8 Å². The summed E-state index contributed by atoms with van der Waals surface area (Å²) in [5, 5.41) is 17.1. The van der Waals surface area contributed by atoms with Crippen LogP contribution in [0.15, 0.2) is 0 Å². The molecule has 5 nitrogen and oxygen atoms in total. The molecule has 0 aliphatic carbocycles. The Balaban J connectivity index is 4.82. The molecule has 0 aromatic heterocycles. The summed E-state index contributed by atoms with van der Waals surface area (Å²) in [6.07, 6.45) is 0.759. The first kappa shape index (κ1) is 12.9. The molecule has 6 heteroatoms. The summed E-state index contributed by atoms with van der Waals surface area (Å²) in [5.74, 6) is -0.615. The lowest BCUT2D eigenvalue weighted by Crippen LogP contribution is -2.47. The summed E-state index contributed by atoms with van der Waals surface area (Å²) in [6.45, 7) is 3.45. The van der Waals surface area contributed by atoms with E-state index in [4.69, 9.17) is 10.5 Å². The van der Waals surface area contributed by atoms with Gasteiger partial charge < -0.3 is 0 Å². The maximum atomic E-state index is 11.2. The highest BCUT2D eigenvalue weighted by atomic mass is 32.2. The number of nitrogens with zero attached hydrogens (tertiary/aromatic N) is 2. The van der Waals surface area contributed by atoms with Crippen LogP contribution >= 0.6 is 0 Å². The fourth-order valence-corrected chi connectivity index (χ4v) is 2.17. The lowest BCUT2D eigenvalue weighted by Gasteiger charge is -2.23. The predicted molar refractivity (Wildman–Crippen MR) is 51.5 cm³/mol. The fourth-order valence-electron chi connectivity index (χ4n) is 0.994. The van der Waals surface area contributed by atoms with E-state index in [2.05, 4.69) is 4.72 Å². The van der Waals surface area contributed by atoms with Crippen LogP contribution in [0.4, 0.5) is 0 Å². The zero-order chi connectivity index (χ0) is 11.2. The van der Waals surface area contributed by atoms with Gasteiger partial charge >= 0.3 is 0 Å². The molecule has 0 aliphatic heterocycles. The monoisotopic (exact) mass is 215 g/mol. The molecule has 78 valence electrons. The third kappa shape index (κ3) is 3.33. The minimum atomic E-state index is -3.66. The number of nitriles is 2. The van der Waals surface area contributed by atoms with Gasteiger partial charge in [0.25, 0.3) is 0 Å². The Morgan fingerprint density at radius 1 is 1.29 bits per heavy atom. The number of hydrogen-bond donors (Lipinski definition) is 1. The van der Waals surface area contributed by atoms with Crippen molar-refractivity contribution in [1.82, 2.24) is 4.72 Å². The highest BCUT2D eigenvalue weighted by Gasteiger charge is 2.30. The molecule has 0 spiro atoms. The molecule has 14 heavy (non-hydrogen) atoms. The number of sulfonamides is 1. The maximum Gasteiger partial charge on any atom is 0.226 e. The molecule has 0 bridgehead atoms. The van der Waals surface area contributed by atoms with Gasteiger partial charge in [-0.1, -0.05) is 13.8 Å². The second-order valence-corrected chi connectivity index (χ2v) is 4.64. The van der Waals surface area contributed by atoms with Crippen molar-refractivity contribution in [3.05, 3.63) is 0 Å². The SMILES string of the molecule is CCC(C#N)(CC)NS(=O)(=O)CC#N. The van der Waals surface area contributed by atoms with Gasteiger partial charge in [0.1, 0.15) is 5.54 Å². The summed E-state index contributed by atoms with van der Waals surface area (Å²) in [4.78, 5) is 0. The van der Waals surface area contributed by atoms with E-state index in [9.17, 15) is 8.42 Å². The van der Waals surface area contributed by atoms with E-state index in [0.29, 0.717) is 12.8 Å². The summed E-state index contributed by atoms with van der Waals surface area (Å²) in [5.41, 5.74) is -1.07. The Hall–Kier alpha value is -1.11. The van der Waals surface area contributed by atoms with Gasteiger partial charge in [0.15, 0.2) is 5.75 Å². The molecule has 0 heterocycles. The van der Waals surface area contributed by atoms with Crippen molar-refractivity contribution in [1.29, 1.82) is 10.5 Å². The zero-order valence-corrected chi connectivity index (χ0v) is 9.06. The molecule has 0 unspecified atom stereocenters. The molecular formula is C8H13N3O2S. The van der Waals surface area contributed by atoms with E-state index in [1.165, 1.54) is 0 Å². The van der Waals surface area contributed by atoms with Crippen LogP contribution in [0.3, 0.4) is 0 Å². The summed E-state index contributed by atoms with van der Waals surface area (Å²) >= 11 is 0. The molecule has 0 radical (unpaired) electrons. The third-order valence-corrected chi connectivity index (χ3v) is 3.24. The number of nitrogens with one attached hydrogen (secondary N) is 1. The Bertz CT molecular complexity index is 357. The van der Waals surface area contributed by atoms with E-state index >= 15 is 0 Å². The van der Waals surface area contributed by atoms with Crippen LogP contribution in [0.25, 0.3) is 0 Å². The average Bonchev–Trinajstić information content (AvgIpc) is 2.14. The van der Waals surface area contributed by atoms with E-state index in [1.54, 1.807) is 19.9 Å². The van der Waals surface area contributed by atoms with E-state index in [0.717, 1.165) is 0 Å². The van der Waals surface area contributed by atoms with Crippen molar-refractivity contribution in [3.63, 3.8) is 0 Å². The van der Waals surface area contributed by atoms with Crippen molar-refractivity contribution >= 4 is 10.0 Å². The quantitative estimate of drug-likeness (QED) is 0.723. The smallest absolute Gasteiger partial charge is 0.211 e. The molecule has 0 rings (SSSR count). The summed E-state index contributed by atoms with van der Waals surface area (Å²) in [6, 6.07) is 3.47. The standard InChI is InChI=1S/C8H13N3O2S/c1-3-8(4-2,7-10)11-14(12,13)6-5-9/h11H,3-4,6H2,1-2H3. The minimum absolute atomic E-state index is 0.380. The second kappa shape index (κ2) is 4.94. The molecule has 1 N–H and O–H groups in total. The number of hydrogen-bond acceptors (Lipinski definition) is 4. The van der Waals surface area contributed by atoms with Gasteiger partial charge in [-0.05, 0) is 12.8 Å². The van der Waals surface area contributed by atoms with Gasteiger partial charge in [0.05, 0.1) is 12.1 Å². The molecule has 0 aromatic carbocycles. The molecule has 0 saturated carbocycles. The van der Waals surface area contributed by atoms with Crippen molar-refractivity contribution in [2.75, 3.05) is 5.75 Å². The lowest BCUT2D eigenvalue weighted by atomic mass is 9.97. The first-order valence-electron chi connectivity index (χ1n) is 4.25. The second-order valence-electron chi connectivity index (χ2n) is 2.92. The summed E-state index contributed by atoms with van der Waals surface area (Å²) < 4.78 is 24.7. The predicted octanol–water partition coefficient (Wildman–Crippen LogP) is 0.512. The van der Waals surface area contributed by atoms with Crippen LogP contribution in [0.1, 0.15) is 26.7 Å². The van der Waals surface area contributed by atoms with E-state index in [1.807, 2.05) is 6.07 Å². The third-order valence-electron chi connectivity index (χ3n) is 2.03. The molecular weight excluding hydrogens is 202 g/mol. The van der Waals surface area contributed by atoms with E-state index < -0.39 is 21.3 Å². The largest absolute Gasteiger partial charge is 0.226 e. The first-order chi connectivity index (χ1) is 6.45. The lowest BCUT2D eigenvalue weighted by molar-refractivity contribution is 0.447. The van der Waals surface area contributed by atoms with Gasteiger partial charge in [-0.25, -0.2) is 8.42 Å². The van der Waals surface area contributed by atoms with Gasteiger partial charge in [-0.2, -0.15) is 15.2 Å². The van der Waals surface area contributed by atoms with Crippen LogP contribution in [-0.4, -0.2) is 19.7 Å². The Morgan fingerprint density at radius 3 is 2.07 bits per heavy atom. The van der Waals surface area contributed by atoms with Crippen molar-refractivity contribution < 1.29 is 8.42 Å². The van der Waals surface area contributed by atoms with Crippen LogP contribution in [0, 0.1) is 22.7 Å². The first-order valence-corrected chi connectivity index (χ1v) is 5.90. The van der Waals surface area contributed by atoms with Gasteiger partial charge in [0.2, 0.25) is 10.0 Å². The van der Waals surface area contributed by atoms with Crippen LogP contribution in [0.5, 0.6) is 0 Å². The number of rotatable bonds is 5. The average molecular weight is 215 g/mol. The van der Waals surface area contributed by atoms with Gasteiger partial charge in [-0.3, -0.25) is 0 Å². The van der Waals surface area contributed by atoms with Crippen molar-refractivity contribution in [2.24, 2.45) is 0 Å². The van der Waals surface area contributed by atoms with E-state index in [-0.39, 0.29) is 0 Å². The van der Waals surface area contributed by atoms with Crippen LogP contribution in [-0.2, 0) is 10.0 Å². The Kier molecular flexibility index (Phi) is 4.55. The summed E-state index contributed by atoms with van der Waals surface area (Å²) in [7, 11) is -3.66. The maximum absolute atomic E-state index is 11.2. The highest BCUT2D eigenvalue weighted by Crippen LogP contribution is 2.14. The van der Waals surface area contributed by atoms with Crippen molar-refractivity contribution in [3.8, 4) is 12.1 Å². The molecule has 0 atom stereocenters. The van der Waals surface area contributed by atoms with Gasteiger partial charge in [0, 0.05) is 0 Å². The van der Waals surface area contributed by atoms with Crippen LogP contribution < -0.4 is 4.72 Å². The molecule has 0 fully saturated rings. The molecule has 0 amide bonds. The molecule has 0 aliphatic rings. The minimum Gasteiger partial charge on any atom is -0.211 e. The normalized spacial score (nSPS) is 11.7.